The average molecular weight is 390 g/mol. The molecule has 2 aromatic rings. The van der Waals surface area contributed by atoms with Crippen molar-refractivity contribution >= 4 is 15.8 Å². The van der Waals surface area contributed by atoms with Crippen LogP contribution >= 0.6 is 0 Å². The number of morpholine rings is 1. The second-order valence-electron chi connectivity index (χ2n) is 6.79. The molecule has 0 unspecified atom stereocenters. The molecule has 0 aliphatic carbocycles. The van der Waals surface area contributed by atoms with E-state index in [4.69, 9.17) is 4.74 Å². The molecule has 0 amide bonds. The fourth-order valence-electron chi connectivity index (χ4n) is 3.59. The number of H-pyrrole nitrogens is 1. The van der Waals surface area contributed by atoms with Gasteiger partial charge in [0.05, 0.1) is 13.2 Å². The van der Waals surface area contributed by atoms with E-state index < -0.39 is 10.0 Å². The molecule has 4 rings (SSSR count). The molecule has 1 N–H and O–H groups in total. The monoisotopic (exact) mass is 390 g/mol. The number of ether oxygens (including phenoxy) is 1. The maximum atomic E-state index is 13.0. The highest BCUT2D eigenvalue weighted by Crippen LogP contribution is 2.28. The number of hydrogen-bond acceptors (Lipinski definition) is 6. The zero-order valence-corrected chi connectivity index (χ0v) is 15.9. The number of aromatic amines is 1. The number of piperidine rings is 1. The summed E-state index contributed by atoms with van der Waals surface area (Å²) in [5.74, 6) is 1.93. The van der Waals surface area contributed by atoms with Gasteiger partial charge in [-0.1, -0.05) is 0 Å². The van der Waals surface area contributed by atoms with Crippen molar-refractivity contribution in [2.75, 3.05) is 44.3 Å². The highest BCUT2D eigenvalue weighted by molar-refractivity contribution is 7.89. The number of sulfonamides is 1. The summed E-state index contributed by atoms with van der Waals surface area (Å²) >= 11 is 0. The first-order valence-corrected chi connectivity index (χ1v) is 10.7. The van der Waals surface area contributed by atoms with E-state index >= 15 is 0 Å². The van der Waals surface area contributed by atoms with E-state index in [1.165, 1.54) is 0 Å². The third-order valence-corrected chi connectivity index (χ3v) is 7.06. The molecule has 0 bridgehead atoms. The van der Waals surface area contributed by atoms with Crippen LogP contribution in [-0.2, 0) is 14.8 Å². The van der Waals surface area contributed by atoms with Crippen LogP contribution in [0.4, 0.5) is 5.82 Å². The van der Waals surface area contributed by atoms with Gasteiger partial charge in [-0.25, -0.2) is 23.4 Å². The molecule has 2 aliphatic rings. The second kappa shape index (κ2) is 7.87. The van der Waals surface area contributed by atoms with E-state index in [-0.39, 0.29) is 5.92 Å². The van der Waals surface area contributed by atoms with E-state index in [1.54, 1.807) is 35.0 Å². The Balaban J connectivity index is 1.42. The maximum Gasteiger partial charge on any atom is 0.274 e. The molecule has 0 saturated carbocycles. The molecule has 0 atom stereocenters. The lowest BCUT2D eigenvalue weighted by molar-refractivity contribution is -0.367. The van der Waals surface area contributed by atoms with Gasteiger partial charge in [0.1, 0.15) is 30.0 Å². The summed E-state index contributed by atoms with van der Waals surface area (Å²) in [6, 6.07) is 5.31. The number of aromatic nitrogens is 3. The van der Waals surface area contributed by atoms with Crippen molar-refractivity contribution in [1.82, 2.24) is 14.3 Å². The Morgan fingerprint density at radius 1 is 1.04 bits per heavy atom. The Hall–Kier alpha value is -2.10. The van der Waals surface area contributed by atoms with Crippen molar-refractivity contribution in [3.8, 4) is 0 Å². The Labute approximate surface area is 159 Å². The van der Waals surface area contributed by atoms with Crippen molar-refractivity contribution in [2.24, 2.45) is 0 Å². The standard InChI is InChI=1S/C18H23N5O3S/c24-27(25,16-2-3-17(21-14-16)22-10-12-26-13-11-22)23-8-4-15(5-9-23)18-19-6-1-7-20-18/h1-3,6-7,14-15H,4-5,8-13H2/p+1. The summed E-state index contributed by atoms with van der Waals surface area (Å²) in [5.41, 5.74) is 0. The molecule has 0 spiro atoms. The van der Waals surface area contributed by atoms with Gasteiger partial charge in [-0.05, 0) is 25.0 Å². The molecule has 0 aromatic carbocycles. The van der Waals surface area contributed by atoms with Gasteiger partial charge in [0, 0.05) is 37.5 Å². The van der Waals surface area contributed by atoms with Crippen molar-refractivity contribution in [2.45, 2.75) is 23.7 Å². The fraction of sp³-hybridized carbons (Fsp3) is 0.500. The first kappa shape index (κ1) is 18.3. The summed E-state index contributed by atoms with van der Waals surface area (Å²) in [4.78, 5) is 14.2. The highest BCUT2D eigenvalue weighted by atomic mass is 32.2. The summed E-state index contributed by atoms with van der Waals surface area (Å²) < 4.78 is 32.8. The van der Waals surface area contributed by atoms with Gasteiger partial charge in [0.25, 0.3) is 5.82 Å². The van der Waals surface area contributed by atoms with Crippen LogP contribution in [-0.4, -0.2) is 62.1 Å². The number of pyridine rings is 1. The van der Waals surface area contributed by atoms with E-state index in [2.05, 4.69) is 19.9 Å². The third kappa shape index (κ3) is 3.95. The molecule has 0 radical (unpaired) electrons. The lowest BCUT2D eigenvalue weighted by Gasteiger charge is -2.30. The lowest BCUT2D eigenvalue weighted by atomic mass is 9.97. The summed E-state index contributed by atoms with van der Waals surface area (Å²) in [7, 11) is -3.50. The fourth-order valence-corrected chi connectivity index (χ4v) is 5.03. The van der Waals surface area contributed by atoms with Crippen LogP contribution in [0.15, 0.2) is 41.7 Å². The largest absolute Gasteiger partial charge is 0.373 e. The molecule has 2 aliphatic heterocycles. The predicted molar refractivity (Wildman–Crippen MR) is 98.8 cm³/mol. The van der Waals surface area contributed by atoms with Crippen LogP contribution in [0.1, 0.15) is 24.6 Å². The van der Waals surface area contributed by atoms with Crippen molar-refractivity contribution < 1.29 is 18.1 Å². The molecule has 9 heteroatoms. The van der Waals surface area contributed by atoms with Gasteiger partial charge >= 0.3 is 0 Å². The zero-order valence-electron chi connectivity index (χ0n) is 15.1. The molecule has 2 fully saturated rings. The number of nitrogens with one attached hydrogen (secondary N) is 1. The minimum Gasteiger partial charge on any atom is -0.373 e. The van der Waals surface area contributed by atoms with Gasteiger partial charge < -0.3 is 4.74 Å². The first-order valence-electron chi connectivity index (χ1n) is 9.26. The molecule has 144 valence electrons. The molecule has 2 aromatic heterocycles. The normalized spacial score (nSPS) is 19.9. The van der Waals surface area contributed by atoms with Gasteiger partial charge in [0.15, 0.2) is 0 Å². The highest BCUT2D eigenvalue weighted by Gasteiger charge is 2.32. The number of nitrogens with zero attached hydrogens (tertiary/aromatic N) is 4. The molecule has 27 heavy (non-hydrogen) atoms. The Bertz CT molecular complexity index is 846. The summed E-state index contributed by atoms with van der Waals surface area (Å²) in [5, 5.41) is 0. The summed E-state index contributed by atoms with van der Waals surface area (Å²) in [6.07, 6.45) is 6.53. The van der Waals surface area contributed by atoms with Crippen LogP contribution < -0.4 is 9.88 Å². The van der Waals surface area contributed by atoms with E-state index in [9.17, 15) is 8.42 Å². The van der Waals surface area contributed by atoms with E-state index in [0.717, 1.165) is 37.6 Å². The van der Waals surface area contributed by atoms with Crippen LogP contribution in [0.25, 0.3) is 0 Å². The van der Waals surface area contributed by atoms with Crippen LogP contribution in [0, 0.1) is 0 Å². The Morgan fingerprint density at radius 2 is 1.74 bits per heavy atom. The third-order valence-electron chi connectivity index (χ3n) is 5.16. The molecular weight excluding hydrogens is 366 g/mol. The van der Waals surface area contributed by atoms with Gasteiger partial charge in [-0.2, -0.15) is 4.31 Å². The first-order chi connectivity index (χ1) is 13.1. The maximum absolute atomic E-state index is 13.0. The quantitative estimate of drug-likeness (QED) is 0.763. The number of rotatable bonds is 4. The van der Waals surface area contributed by atoms with Crippen LogP contribution in [0.2, 0.25) is 0 Å². The minimum absolute atomic E-state index is 0.216. The smallest absolute Gasteiger partial charge is 0.274 e. The Morgan fingerprint density at radius 3 is 2.37 bits per heavy atom. The number of hydrogen-bond donors (Lipinski definition) is 0. The second-order valence-corrected chi connectivity index (χ2v) is 8.73. The van der Waals surface area contributed by atoms with Gasteiger partial charge in [-0.3, -0.25) is 4.90 Å². The minimum atomic E-state index is -3.50. The number of anilines is 1. The van der Waals surface area contributed by atoms with Crippen molar-refractivity contribution in [3.63, 3.8) is 0 Å². The molecule has 8 nitrogen and oxygen atoms in total. The predicted octanol–water partition coefficient (Wildman–Crippen LogP) is 0.696. The molecule has 4 heterocycles. The van der Waals surface area contributed by atoms with Crippen LogP contribution in [0.3, 0.4) is 0 Å². The van der Waals surface area contributed by atoms with Crippen molar-refractivity contribution in [1.29, 1.82) is 0 Å². The zero-order chi connectivity index (χ0) is 18.7. The summed E-state index contributed by atoms with van der Waals surface area (Å²) in [6.45, 7) is 3.95. The topological polar surface area (TPSA) is 89.8 Å². The average Bonchev–Trinajstić information content (AvgIpc) is 2.75. The Kier molecular flexibility index (Phi) is 5.33. The van der Waals surface area contributed by atoms with E-state index in [1.807, 2.05) is 6.07 Å². The SMILES string of the molecule is O=S(=O)(c1ccc(N2CCOCC2)[nH+]c1)N1CCC(c2ncccn2)CC1. The van der Waals surface area contributed by atoms with Crippen LogP contribution in [0.5, 0.6) is 0 Å². The van der Waals surface area contributed by atoms with Gasteiger partial charge in [0.2, 0.25) is 10.0 Å². The van der Waals surface area contributed by atoms with E-state index in [0.29, 0.717) is 31.2 Å². The van der Waals surface area contributed by atoms with Crippen molar-refractivity contribution in [3.05, 3.63) is 42.6 Å². The molecule has 2 saturated heterocycles. The molecular formula is C18H24N5O3S+. The lowest BCUT2D eigenvalue weighted by Crippen LogP contribution is -2.40. The van der Waals surface area contributed by atoms with Gasteiger partial charge in [-0.15, -0.1) is 0 Å².